The highest BCUT2D eigenvalue weighted by Crippen LogP contribution is 2.36. The third-order valence-corrected chi connectivity index (χ3v) is 4.38. The highest BCUT2D eigenvalue weighted by Gasteiger charge is 2.38. The Morgan fingerprint density at radius 3 is 2.52 bits per heavy atom. The molecule has 124 valence electrons. The van der Waals surface area contributed by atoms with Gasteiger partial charge in [0.05, 0.1) is 17.1 Å². The molecule has 23 heavy (non-hydrogen) atoms. The maximum absolute atomic E-state index is 13.1. The Balaban J connectivity index is 2.31. The molecule has 0 radical (unpaired) electrons. The van der Waals surface area contributed by atoms with Crippen molar-refractivity contribution in [3.8, 4) is 0 Å². The summed E-state index contributed by atoms with van der Waals surface area (Å²) < 4.78 is 18.0. The zero-order chi connectivity index (χ0) is 16.8. The quantitative estimate of drug-likeness (QED) is 0.576. The van der Waals surface area contributed by atoms with E-state index < -0.39 is 11.7 Å². The number of nitrogens with zero attached hydrogens (tertiary/aromatic N) is 1. The van der Waals surface area contributed by atoms with E-state index in [1.807, 2.05) is 0 Å². The lowest BCUT2D eigenvalue weighted by Crippen LogP contribution is -2.33. The molecule has 0 spiro atoms. The van der Waals surface area contributed by atoms with Crippen LogP contribution < -0.4 is 0 Å². The van der Waals surface area contributed by atoms with Crippen LogP contribution >= 0.6 is 11.8 Å². The van der Waals surface area contributed by atoms with Crippen LogP contribution in [0.1, 0.15) is 12.0 Å². The summed E-state index contributed by atoms with van der Waals surface area (Å²) in [6.07, 6.45) is 0.544. The van der Waals surface area contributed by atoms with Gasteiger partial charge in [-0.1, -0.05) is 12.1 Å². The van der Waals surface area contributed by atoms with E-state index in [9.17, 15) is 14.0 Å². The molecule has 1 heterocycles. The number of aliphatic hydroxyl groups is 1. The number of carbonyl (C=O) groups excluding carboxylic acids is 2. The summed E-state index contributed by atoms with van der Waals surface area (Å²) >= 11 is 1.14. The first kappa shape index (κ1) is 17.7. The highest BCUT2D eigenvalue weighted by atomic mass is 32.2. The Labute approximate surface area is 138 Å². The topological polar surface area (TPSA) is 66.8 Å². The van der Waals surface area contributed by atoms with Crippen molar-refractivity contribution in [3.63, 3.8) is 0 Å². The van der Waals surface area contributed by atoms with Gasteiger partial charge in [0.2, 0.25) is 0 Å². The average Bonchev–Trinajstić information content (AvgIpc) is 2.78. The summed E-state index contributed by atoms with van der Waals surface area (Å²) in [5.74, 6) is -0.861. The van der Waals surface area contributed by atoms with Gasteiger partial charge in [0.15, 0.2) is 0 Å². The van der Waals surface area contributed by atoms with E-state index in [1.54, 1.807) is 7.11 Å². The lowest BCUT2D eigenvalue weighted by Gasteiger charge is -2.14. The summed E-state index contributed by atoms with van der Waals surface area (Å²) in [6, 6.07) is 5.46. The smallest absolute Gasteiger partial charge is 0.267 e. The first-order chi connectivity index (χ1) is 11.1. The molecule has 1 aliphatic rings. The number of imide groups is 1. The molecule has 0 aromatic heterocycles. The van der Waals surface area contributed by atoms with Crippen LogP contribution in [0, 0.1) is 5.82 Å². The van der Waals surface area contributed by atoms with E-state index in [-0.39, 0.29) is 24.6 Å². The van der Waals surface area contributed by atoms with Crippen molar-refractivity contribution in [2.24, 2.45) is 0 Å². The Morgan fingerprint density at radius 2 is 1.91 bits per heavy atom. The van der Waals surface area contributed by atoms with Crippen molar-refractivity contribution >= 4 is 29.1 Å². The van der Waals surface area contributed by atoms with Crippen LogP contribution in [0.5, 0.6) is 0 Å². The molecule has 1 aromatic carbocycles. The van der Waals surface area contributed by atoms with Gasteiger partial charge >= 0.3 is 0 Å². The number of methoxy groups -OCH3 is 1. The third kappa shape index (κ3) is 3.99. The fraction of sp³-hybridized carbons (Fsp3) is 0.375. The zero-order valence-corrected chi connectivity index (χ0v) is 13.6. The molecule has 0 fully saturated rings. The van der Waals surface area contributed by atoms with Gasteiger partial charge < -0.3 is 9.84 Å². The molecule has 1 N–H and O–H groups in total. The van der Waals surface area contributed by atoms with Crippen LogP contribution in [0.15, 0.2) is 29.2 Å². The molecule has 0 saturated carbocycles. The fourth-order valence-corrected chi connectivity index (χ4v) is 3.16. The van der Waals surface area contributed by atoms with Gasteiger partial charge in [0.25, 0.3) is 11.8 Å². The predicted molar refractivity (Wildman–Crippen MR) is 86.1 cm³/mol. The first-order valence-electron chi connectivity index (χ1n) is 7.19. The molecule has 0 atom stereocenters. The maximum Gasteiger partial charge on any atom is 0.267 e. The van der Waals surface area contributed by atoms with Crippen molar-refractivity contribution in [2.75, 3.05) is 32.6 Å². The number of rotatable bonds is 8. The Kier molecular flexibility index (Phi) is 6.32. The summed E-state index contributed by atoms with van der Waals surface area (Å²) in [5.41, 5.74) is 0.769. The molecular formula is C16H18FNO4S. The highest BCUT2D eigenvalue weighted by molar-refractivity contribution is 8.04. The van der Waals surface area contributed by atoms with Crippen LogP contribution in [0.3, 0.4) is 0 Å². The number of halogens is 1. The predicted octanol–water partition coefficient (Wildman–Crippen LogP) is 1.67. The van der Waals surface area contributed by atoms with Gasteiger partial charge in [-0.15, -0.1) is 11.8 Å². The number of carbonyl (C=O) groups is 2. The lowest BCUT2D eigenvalue weighted by atomic mass is 10.1. The number of aliphatic hydroxyl groups excluding tert-OH is 1. The maximum atomic E-state index is 13.1. The molecule has 0 aliphatic carbocycles. The molecule has 7 heteroatoms. The number of amides is 2. The van der Waals surface area contributed by atoms with Crippen molar-refractivity contribution in [1.29, 1.82) is 0 Å². The molecule has 2 amide bonds. The van der Waals surface area contributed by atoms with Crippen LogP contribution in [0.25, 0.3) is 5.57 Å². The zero-order valence-electron chi connectivity index (χ0n) is 12.8. The minimum Gasteiger partial charge on any atom is -0.396 e. The second kappa shape index (κ2) is 8.24. The second-order valence-corrected chi connectivity index (χ2v) is 6.00. The van der Waals surface area contributed by atoms with Crippen molar-refractivity contribution in [2.45, 2.75) is 6.42 Å². The van der Waals surface area contributed by atoms with Gasteiger partial charge in [-0.05, 0) is 24.1 Å². The summed E-state index contributed by atoms with van der Waals surface area (Å²) in [5, 5.41) is 8.99. The first-order valence-corrected chi connectivity index (χ1v) is 8.17. The van der Waals surface area contributed by atoms with E-state index in [4.69, 9.17) is 9.84 Å². The van der Waals surface area contributed by atoms with Gasteiger partial charge in [-0.3, -0.25) is 14.5 Å². The Morgan fingerprint density at radius 1 is 1.22 bits per heavy atom. The van der Waals surface area contributed by atoms with Gasteiger partial charge in [-0.25, -0.2) is 4.39 Å². The molecule has 2 rings (SSSR count). The van der Waals surface area contributed by atoms with E-state index in [0.29, 0.717) is 29.2 Å². The van der Waals surface area contributed by atoms with E-state index in [1.165, 1.54) is 29.2 Å². The number of hydrogen-bond acceptors (Lipinski definition) is 5. The van der Waals surface area contributed by atoms with Crippen LogP contribution in [0.4, 0.5) is 4.39 Å². The van der Waals surface area contributed by atoms with Crippen molar-refractivity contribution in [3.05, 3.63) is 40.6 Å². The molecule has 5 nitrogen and oxygen atoms in total. The van der Waals surface area contributed by atoms with Gasteiger partial charge in [0.1, 0.15) is 5.82 Å². The van der Waals surface area contributed by atoms with Crippen LogP contribution in [-0.2, 0) is 14.3 Å². The van der Waals surface area contributed by atoms with Gasteiger partial charge in [-0.2, -0.15) is 0 Å². The molecule has 1 aliphatic heterocycles. The number of ether oxygens (including phenoxy) is 1. The van der Waals surface area contributed by atoms with E-state index in [0.717, 1.165) is 11.8 Å². The number of hydrogen-bond donors (Lipinski definition) is 1. The second-order valence-electron chi connectivity index (χ2n) is 4.89. The summed E-state index contributed by atoms with van der Waals surface area (Å²) in [6.45, 7) is 0.609. The summed E-state index contributed by atoms with van der Waals surface area (Å²) in [7, 11) is 1.55. The SMILES string of the molecule is COCCCN1C(=O)C(SCCO)=C(c2ccc(F)cc2)C1=O. The largest absolute Gasteiger partial charge is 0.396 e. The number of benzene rings is 1. The Hall–Kier alpha value is -1.70. The molecular weight excluding hydrogens is 321 g/mol. The fourth-order valence-electron chi connectivity index (χ4n) is 2.28. The molecule has 0 saturated heterocycles. The van der Waals surface area contributed by atoms with E-state index in [2.05, 4.69) is 0 Å². The molecule has 1 aromatic rings. The van der Waals surface area contributed by atoms with Gasteiger partial charge in [0, 0.05) is 26.0 Å². The van der Waals surface area contributed by atoms with E-state index >= 15 is 0 Å². The number of thioether (sulfide) groups is 1. The van der Waals surface area contributed by atoms with Crippen molar-refractivity contribution < 1.29 is 23.8 Å². The molecule has 0 bridgehead atoms. The lowest BCUT2D eigenvalue weighted by molar-refractivity contribution is -0.136. The third-order valence-electron chi connectivity index (χ3n) is 3.33. The van der Waals surface area contributed by atoms with Crippen molar-refractivity contribution in [1.82, 2.24) is 4.90 Å². The minimum absolute atomic E-state index is 0.101. The monoisotopic (exact) mass is 339 g/mol. The molecule has 0 unspecified atom stereocenters. The average molecular weight is 339 g/mol. The summed E-state index contributed by atoms with van der Waals surface area (Å²) in [4.78, 5) is 26.6. The normalized spacial score (nSPS) is 15.0. The standard InChI is InChI=1S/C16H18FNO4S/c1-22-9-2-7-18-15(20)13(11-3-5-12(17)6-4-11)14(16(18)21)23-10-8-19/h3-6,19H,2,7-10H2,1H3. The Bertz CT molecular complexity index is 615. The minimum atomic E-state index is -0.410. The van der Waals surface area contributed by atoms with Crippen LogP contribution in [-0.4, -0.2) is 54.4 Å². The van der Waals surface area contributed by atoms with Crippen LogP contribution in [0.2, 0.25) is 0 Å².